The average molecular weight is 502 g/mol. The molecule has 0 saturated carbocycles. The van der Waals surface area contributed by atoms with Crippen LogP contribution in [0.1, 0.15) is 28.3 Å². The highest BCUT2D eigenvalue weighted by Crippen LogP contribution is 2.50. The molecule has 2 fully saturated rings. The van der Waals surface area contributed by atoms with Crippen LogP contribution in [-0.4, -0.2) is 40.7 Å². The minimum Gasteiger partial charge on any atom is -0.447 e. The number of carbonyl (C=O) groups is 2. The molecular formula is C32H27N3O3. The molecule has 188 valence electrons. The molecule has 2 unspecified atom stereocenters. The highest BCUT2D eigenvalue weighted by atomic mass is 16.6. The summed E-state index contributed by atoms with van der Waals surface area (Å²) in [5.41, 5.74) is 2.50. The van der Waals surface area contributed by atoms with Gasteiger partial charge < -0.3 is 9.64 Å². The number of hydrogen-bond acceptors (Lipinski definition) is 4. The number of ether oxygens (including phenoxy) is 1. The average Bonchev–Trinajstić information content (AvgIpc) is 3.35. The van der Waals surface area contributed by atoms with Crippen molar-refractivity contribution in [2.75, 3.05) is 6.61 Å². The predicted octanol–water partition coefficient (Wildman–Crippen LogP) is 5.56. The van der Waals surface area contributed by atoms with Crippen LogP contribution < -0.4 is 0 Å². The first-order valence-electron chi connectivity index (χ1n) is 12.7. The molecule has 2 aliphatic heterocycles. The van der Waals surface area contributed by atoms with Crippen LogP contribution in [0.3, 0.4) is 0 Å². The molecule has 4 aromatic rings. The van der Waals surface area contributed by atoms with Crippen LogP contribution >= 0.6 is 0 Å². The molecule has 0 spiro atoms. The normalized spacial score (nSPS) is 22.9. The summed E-state index contributed by atoms with van der Waals surface area (Å²) >= 11 is 0. The van der Waals surface area contributed by atoms with E-state index in [4.69, 9.17) is 9.73 Å². The summed E-state index contributed by atoms with van der Waals surface area (Å²) in [7, 11) is 0. The van der Waals surface area contributed by atoms with Crippen molar-refractivity contribution in [2.45, 2.75) is 24.3 Å². The summed E-state index contributed by atoms with van der Waals surface area (Å²) in [6.45, 7) is 0.536. The topological polar surface area (TPSA) is 62.2 Å². The van der Waals surface area contributed by atoms with Crippen molar-refractivity contribution >= 4 is 18.2 Å². The van der Waals surface area contributed by atoms with Crippen molar-refractivity contribution in [3.8, 4) is 0 Å². The molecule has 3 atom stereocenters. The first-order chi connectivity index (χ1) is 18.7. The second-order valence-corrected chi connectivity index (χ2v) is 9.48. The van der Waals surface area contributed by atoms with E-state index in [2.05, 4.69) is 0 Å². The Labute approximate surface area is 221 Å². The second kappa shape index (κ2) is 9.98. The van der Waals surface area contributed by atoms with E-state index in [1.54, 1.807) is 16.0 Å². The first-order valence-corrected chi connectivity index (χ1v) is 12.7. The summed E-state index contributed by atoms with van der Waals surface area (Å²) in [6.07, 6.45) is 1.29. The lowest BCUT2D eigenvalue weighted by molar-refractivity contribution is -0.176. The fourth-order valence-electron chi connectivity index (χ4n) is 5.42. The lowest BCUT2D eigenvalue weighted by Crippen LogP contribution is -2.76. The number of carbonyl (C=O) groups excluding carboxylic acids is 2. The fourth-order valence-corrected chi connectivity index (χ4v) is 5.42. The molecule has 2 aliphatic rings. The van der Waals surface area contributed by atoms with Gasteiger partial charge in [-0.05, 0) is 16.7 Å². The summed E-state index contributed by atoms with van der Waals surface area (Å²) < 4.78 is 5.55. The van der Waals surface area contributed by atoms with Gasteiger partial charge in [0.1, 0.15) is 6.61 Å². The zero-order chi connectivity index (χ0) is 26.0. The van der Waals surface area contributed by atoms with Gasteiger partial charge in [-0.2, -0.15) is 0 Å². The van der Waals surface area contributed by atoms with Crippen molar-refractivity contribution in [3.05, 3.63) is 144 Å². The zero-order valence-corrected chi connectivity index (χ0v) is 20.8. The van der Waals surface area contributed by atoms with Gasteiger partial charge in [-0.25, -0.2) is 4.79 Å². The number of likely N-dealkylation sites (tertiary alicyclic amines) is 1. The summed E-state index contributed by atoms with van der Waals surface area (Å²) in [5, 5.41) is 0. The van der Waals surface area contributed by atoms with Crippen LogP contribution in [0, 0.1) is 0 Å². The van der Waals surface area contributed by atoms with Gasteiger partial charge in [0, 0.05) is 18.3 Å². The molecule has 0 N–H and O–H groups in total. The number of cyclic esters (lactones) is 1. The number of amides is 2. The van der Waals surface area contributed by atoms with Crippen LogP contribution in [0.5, 0.6) is 0 Å². The molecule has 0 bridgehead atoms. The van der Waals surface area contributed by atoms with E-state index in [0.717, 1.165) is 22.3 Å². The number of rotatable bonds is 7. The third kappa shape index (κ3) is 4.04. The lowest BCUT2D eigenvalue weighted by Gasteiger charge is -2.57. The molecule has 2 heterocycles. The Bertz CT molecular complexity index is 1440. The molecule has 2 saturated heterocycles. The quantitative estimate of drug-likeness (QED) is 0.246. The zero-order valence-electron chi connectivity index (χ0n) is 20.8. The van der Waals surface area contributed by atoms with Gasteiger partial charge in [0.15, 0.2) is 11.7 Å². The van der Waals surface area contributed by atoms with Gasteiger partial charge >= 0.3 is 6.09 Å². The number of nitrogens with zero attached hydrogens (tertiary/aromatic N) is 3. The monoisotopic (exact) mass is 501 g/mol. The van der Waals surface area contributed by atoms with Crippen molar-refractivity contribution in [1.82, 2.24) is 9.80 Å². The number of β-lactam (4-membered cyclic amide) rings is 1. The summed E-state index contributed by atoms with van der Waals surface area (Å²) in [5.74, 6) is -0.164. The number of aliphatic imine (C=N–C) groups is 1. The summed E-state index contributed by atoms with van der Waals surface area (Å²) in [4.78, 5) is 35.9. The smallest absolute Gasteiger partial charge is 0.411 e. The minimum atomic E-state index is -1.14. The fraction of sp³-hybridized carbons (Fsp3) is 0.156. The van der Waals surface area contributed by atoms with Gasteiger partial charge in [-0.3, -0.25) is 14.7 Å². The molecule has 4 aromatic carbocycles. The van der Waals surface area contributed by atoms with Crippen LogP contribution in [0.25, 0.3) is 0 Å². The van der Waals surface area contributed by atoms with Crippen molar-refractivity contribution in [1.29, 1.82) is 0 Å². The molecule has 0 radical (unpaired) electrons. The Kier molecular flexibility index (Phi) is 6.22. The Balaban J connectivity index is 1.51. The largest absolute Gasteiger partial charge is 0.447 e. The van der Waals surface area contributed by atoms with Crippen LogP contribution in [0.15, 0.2) is 126 Å². The van der Waals surface area contributed by atoms with Crippen molar-refractivity contribution < 1.29 is 14.3 Å². The van der Waals surface area contributed by atoms with Crippen LogP contribution in [0.2, 0.25) is 0 Å². The molecule has 2 amide bonds. The minimum absolute atomic E-state index is 0.164. The lowest BCUT2D eigenvalue weighted by atomic mass is 9.78. The second-order valence-electron chi connectivity index (χ2n) is 9.48. The molecule has 6 rings (SSSR count). The van der Waals surface area contributed by atoms with E-state index >= 15 is 0 Å². The Hall–Kier alpha value is -4.71. The molecule has 6 heteroatoms. The van der Waals surface area contributed by atoms with Gasteiger partial charge in [0.2, 0.25) is 0 Å². The van der Waals surface area contributed by atoms with Gasteiger partial charge in [-0.15, -0.1) is 0 Å². The number of hydrogen-bond donors (Lipinski definition) is 0. The third-order valence-electron chi connectivity index (χ3n) is 7.26. The Morgan fingerprint density at radius 3 is 2.03 bits per heavy atom. The van der Waals surface area contributed by atoms with Crippen LogP contribution in [-0.2, 0) is 21.7 Å². The molecule has 6 nitrogen and oxygen atoms in total. The highest BCUT2D eigenvalue weighted by Gasteiger charge is 2.66. The maximum absolute atomic E-state index is 14.1. The van der Waals surface area contributed by atoms with Crippen LogP contribution in [0.4, 0.5) is 4.79 Å². The van der Waals surface area contributed by atoms with E-state index in [1.165, 1.54) is 0 Å². The van der Waals surface area contributed by atoms with Gasteiger partial charge in [-0.1, -0.05) is 121 Å². The van der Waals surface area contributed by atoms with Crippen molar-refractivity contribution in [3.63, 3.8) is 0 Å². The van der Waals surface area contributed by atoms with E-state index in [0.29, 0.717) is 6.54 Å². The van der Waals surface area contributed by atoms with E-state index < -0.39 is 23.8 Å². The maximum atomic E-state index is 14.1. The standard InChI is InChI=1S/C32H27N3O3/c36-30-29(35-28(23-38-31(35)37)26-17-9-3-10-18-26)32(27-19-11-4-12-20-27,33-21-24-13-5-1-6-14-24)34(30)22-25-15-7-2-8-16-25/h1-21,28-29H,22-23H2/b33-21+/t28-,29?,32?/m1/s1. The Morgan fingerprint density at radius 1 is 0.789 bits per heavy atom. The van der Waals surface area contributed by atoms with E-state index in [1.807, 2.05) is 121 Å². The Morgan fingerprint density at radius 2 is 1.37 bits per heavy atom. The number of benzene rings is 4. The maximum Gasteiger partial charge on any atom is 0.411 e. The SMILES string of the molecule is O=C1OC[C@H](c2ccccc2)N1C1C(=O)N(Cc2ccccc2)C1(/N=C/c1ccccc1)c1ccccc1. The molecule has 0 aromatic heterocycles. The van der Waals surface area contributed by atoms with E-state index in [9.17, 15) is 9.59 Å². The summed E-state index contributed by atoms with van der Waals surface area (Å²) in [6, 6.07) is 37.8. The molecule has 0 aliphatic carbocycles. The highest BCUT2D eigenvalue weighted by molar-refractivity contribution is 5.96. The van der Waals surface area contributed by atoms with Gasteiger partial charge in [0.25, 0.3) is 5.91 Å². The third-order valence-corrected chi connectivity index (χ3v) is 7.26. The molecular weight excluding hydrogens is 474 g/mol. The first kappa shape index (κ1) is 23.7. The van der Waals surface area contributed by atoms with Gasteiger partial charge in [0.05, 0.1) is 6.04 Å². The predicted molar refractivity (Wildman–Crippen MR) is 145 cm³/mol. The molecule has 38 heavy (non-hydrogen) atoms. The van der Waals surface area contributed by atoms with E-state index in [-0.39, 0.29) is 12.5 Å². The van der Waals surface area contributed by atoms with Crippen molar-refractivity contribution in [2.24, 2.45) is 4.99 Å².